The number of ether oxygens (including phenoxy) is 1. The first kappa shape index (κ1) is 15.4. The van der Waals surface area contributed by atoms with Crippen molar-refractivity contribution in [3.05, 3.63) is 29.3 Å². The van der Waals surface area contributed by atoms with E-state index in [1.54, 1.807) is 0 Å². The zero-order valence-electron chi connectivity index (χ0n) is 10.5. The van der Waals surface area contributed by atoms with Crippen LogP contribution in [0.15, 0.2) is 12.1 Å². The SMILES string of the molecule is Nc1cc(F)c(C(=O)OCCCCCCO)cc1F. The molecule has 6 heteroatoms. The van der Waals surface area contributed by atoms with Gasteiger partial charge in [0, 0.05) is 12.7 Å². The number of halogens is 2. The highest BCUT2D eigenvalue weighted by atomic mass is 19.1. The molecule has 19 heavy (non-hydrogen) atoms. The van der Waals surface area contributed by atoms with Crippen LogP contribution in [0.4, 0.5) is 14.5 Å². The molecule has 0 aliphatic carbocycles. The maximum Gasteiger partial charge on any atom is 0.341 e. The molecule has 4 nitrogen and oxygen atoms in total. The fourth-order valence-corrected chi connectivity index (χ4v) is 1.53. The predicted molar refractivity (Wildman–Crippen MR) is 66.6 cm³/mol. The molecule has 0 bridgehead atoms. The lowest BCUT2D eigenvalue weighted by Crippen LogP contribution is -2.10. The smallest absolute Gasteiger partial charge is 0.341 e. The van der Waals surface area contributed by atoms with Gasteiger partial charge in [-0.2, -0.15) is 0 Å². The fraction of sp³-hybridized carbons (Fsp3) is 0.462. The van der Waals surface area contributed by atoms with E-state index in [9.17, 15) is 13.6 Å². The van der Waals surface area contributed by atoms with Gasteiger partial charge in [-0.1, -0.05) is 6.42 Å². The minimum Gasteiger partial charge on any atom is -0.462 e. The van der Waals surface area contributed by atoms with Gasteiger partial charge in [0.25, 0.3) is 0 Å². The number of aliphatic hydroxyl groups is 1. The first-order valence-electron chi connectivity index (χ1n) is 6.08. The second-order valence-corrected chi connectivity index (χ2v) is 4.13. The van der Waals surface area contributed by atoms with E-state index in [0.717, 1.165) is 25.0 Å². The third-order valence-corrected chi connectivity index (χ3v) is 2.59. The summed E-state index contributed by atoms with van der Waals surface area (Å²) in [6, 6.07) is 1.49. The number of anilines is 1. The highest BCUT2D eigenvalue weighted by Gasteiger charge is 2.16. The van der Waals surface area contributed by atoms with E-state index in [-0.39, 0.29) is 18.9 Å². The van der Waals surface area contributed by atoms with Gasteiger partial charge in [-0.25, -0.2) is 13.6 Å². The number of hydrogen-bond acceptors (Lipinski definition) is 4. The Morgan fingerprint density at radius 1 is 1.16 bits per heavy atom. The summed E-state index contributed by atoms with van der Waals surface area (Å²) in [5.74, 6) is -2.65. The number of carbonyl (C=O) groups excluding carboxylic acids is 1. The van der Waals surface area contributed by atoms with Crippen LogP contribution in [0.2, 0.25) is 0 Å². The number of unbranched alkanes of at least 4 members (excludes halogenated alkanes) is 3. The third-order valence-electron chi connectivity index (χ3n) is 2.59. The summed E-state index contributed by atoms with van der Waals surface area (Å²) in [4.78, 5) is 11.5. The normalized spacial score (nSPS) is 10.5. The first-order chi connectivity index (χ1) is 9.06. The van der Waals surface area contributed by atoms with Crippen LogP contribution in [0.1, 0.15) is 36.0 Å². The van der Waals surface area contributed by atoms with Crippen molar-refractivity contribution in [1.82, 2.24) is 0 Å². The Morgan fingerprint density at radius 3 is 2.53 bits per heavy atom. The van der Waals surface area contributed by atoms with E-state index in [0.29, 0.717) is 12.8 Å². The molecular weight excluding hydrogens is 256 g/mol. The Bertz CT molecular complexity index is 438. The Morgan fingerprint density at radius 2 is 1.84 bits per heavy atom. The highest BCUT2D eigenvalue weighted by Crippen LogP contribution is 2.17. The molecule has 0 spiro atoms. The topological polar surface area (TPSA) is 72.6 Å². The lowest BCUT2D eigenvalue weighted by atomic mass is 10.2. The van der Waals surface area contributed by atoms with Crippen LogP contribution >= 0.6 is 0 Å². The van der Waals surface area contributed by atoms with Crippen molar-refractivity contribution in [3.63, 3.8) is 0 Å². The van der Waals surface area contributed by atoms with Crippen molar-refractivity contribution in [2.75, 3.05) is 18.9 Å². The molecule has 3 N–H and O–H groups in total. The molecule has 0 unspecified atom stereocenters. The number of esters is 1. The Labute approximate surface area is 110 Å². The molecule has 0 saturated carbocycles. The predicted octanol–water partition coefficient (Wildman–Crippen LogP) is 2.26. The summed E-state index contributed by atoms with van der Waals surface area (Å²) < 4.78 is 31.3. The average molecular weight is 273 g/mol. The van der Waals surface area contributed by atoms with E-state index in [2.05, 4.69) is 0 Å². The largest absolute Gasteiger partial charge is 0.462 e. The average Bonchev–Trinajstić information content (AvgIpc) is 2.37. The summed E-state index contributed by atoms with van der Waals surface area (Å²) in [6.07, 6.45) is 2.95. The lowest BCUT2D eigenvalue weighted by molar-refractivity contribution is 0.0491. The van der Waals surface area contributed by atoms with Gasteiger partial charge in [-0.3, -0.25) is 0 Å². The zero-order chi connectivity index (χ0) is 14.3. The monoisotopic (exact) mass is 273 g/mol. The molecule has 0 fully saturated rings. The number of aliphatic hydroxyl groups excluding tert-OH is 1. The van der Waals surface area contributed by atoms with Crippen LogP contribution in [-0.2, 0) is 4.74 Å². The van der Waals surface area contributed by atoms with Crippen molar-refractivity contribution in [1.29, 1.82) is 0 Å². The molecule has 0 heterocycles. The molecule has 0 radical (unpaired) electrons. The number of rotatable bonds is 7. The van der Waals surface area contributed by atoms with E-state index in [1.807, 2.05) is 0 Å². The number of nitrogen functional groups attached to an aromatic ring is 1. The summed E-state index contributed by atoms with van der Waals surface area (Å²) in [5, 5.41) is 8.57. The zero-order valence-corrected chi connectivity index (χ0v) is 10.5. The number of carbonyl (C=O) groups is 1. The van der Waals surface area contributed by atoms with Crippen molar-refractivity contribution >= 4 is 11.7 Å². The maximum absolute atomic E-state index is 13.4. The van der Waals surface area contributed by atoms with Gasteiger partial charge in [0.15, 0.2) is 0 Å². The number of benzene rings is 1. The van der Waals surface area contributed by atoms with Gasteiger partial charge in [0.2, 0.25) is 0 Å². The highest BCUT2D eigenvalue weighted by molar-refractivity contribution is 5.90. The molecule has 0 aromatic heterocycles. The molecule has 0 aliphatic rings. The Balaban J connectivity index is 2.43. The van der Waals surface area contributed by atoms with Gasteiger partial charge in [0.05, 0.1) is 17.9 Å². The van der Waals surface area contributed by atoms with E-state index in [1.165, 1.54) is 0 Å². The van der Waals surface area contributed by atoms with Gasteiger partial charge in [0.1, 0.15) is 11.6 Å². The third kappa shape index (κ3) is 4.82. The second kappa shape index (κ2) is 7.68. The van der Waals surface area contributed by atoms with E-state index >= 15 is 0 Å². The standard InChI is InChI=1S/C13H17F2NO3/c14-10-8-12(16)11(15)7-9(10)13(18)19-6-4-2-1-3-5-17/h7-8,17H,1-6,16H2. The van der Waals surface area contributed by atoms with Gasteiger partial charge < -0.3 is 15.6 Å². The van der Waals surface area contributed by atoms with Gasteiger partial charge in [-0.05, 0) is 25.3 Å². The summed E-state index contributed by atoms with van der Waals surface area (Å²) >= 11 is 0. The minimum atomic E-state index is -0.904. The Kier molecular flexibility index (Phi) is 6.21. The van der Waals surface area contributed by atoms with Crippen LogP contribution in [-0.4, -0.2) is 24.3 Å². The maximum atomic E-state index is 13.4. The van der Waals surface area contributed by atoms with Crippen molar-refractivity contribution in [2.45, 2.75) is 25.7 Å². The molecular formula is C13H17F2NO3. The lowest BCUT2D eigenvalue weighted by Gasteiger charge is -2.06. The van der Waals surface area contributed by atoms with Crippen molar-refractivity contribution in [3.8, 4) is 0 Å². The van der Waals surface area contributed by atoms with E-state index in [4.69, 9.17) is 15.6 Å². The summed E-state index contributed by atoms with van der Waals surface area (Å²) in [6.45, 7) is 0.269. The summed E-state index contributed by atoms with van der Waals surface area (Å²) in [7, 11) is 0. The van der Waals surface area contributed by atoms with Gasteiger partial charge >= 0.3 is 5.97 Å². The van der Waals surface area contributed by atoms with Crippen LogP contribution in [0.5, 0.6) is 0 Å². The van der Waals surface area contributed by atoms with Crippen molar-refractivity contribution < 1.29 is 23.4 Å². The van der Waals surface area contributed by atoms with Crippen LogP contribution in [0, 0.1) is 11.6 Å². The molecule has 0 aliphatic heterocycles. The number of hydrogen-bond donors (Lipinski definition) is 2. The number of nitrogens with two attached hydrogens (primary N) is 1. The molecule has 0 amide bonds. The molecule has 1 aromatic carbocycles. The molecule has 0 atom stereocenters. The molecule has 1 rings (SSSR count). The van der Waals surface area contributed by atoms with Crippen LogP contribution < -0.4 is 5.73 Å². The molecule has 106 valence electrons. The molecule has 0 saturated heterocycles. The summed E-state index contributed by atoms with van der Waals surface area (Å²) in [5.41, 5.74) is 4.36. The molecule has 1 aromatic rings. The van der Waals surface area contributed by atoms with Crippen LogP contribution in [0.3, 0.4) is 0 Å². The van der Waals surface area contributed by atoms with Gasteiger partial charge in [-0.15, -0.1) is 0 Å². The quantitative estimate of drug-likeness (QED) is 0.454. The van der Waals surface area contributed by atoms with Crippen molar-refractivity contribution in [2.24, 2.45) is 0 Å². The minimum absolute atomic E-state index is 0.135. The fourth-order valence-electron chi connectivity index (χ4n) is 1.53. The second-order valence-electron chi connectivity index (χ2n) is 4.13. The first-order valence-corrected chi connectivity index (χ1v) is 6.08. The Hall–Kier alpha value is -1.69. The van der Waals surface area contributed by atoms with E-state index < -0.39 is 23.2 Å². The van der Waals surface area contributed by atoms with Crippen LogP contribution in [0.25, 0.3) is 0 Å².